The molecule has 2 aromatic rings. The third-order valence-electron chi connectivity index (χ3n) is 3.32. The Morgan fingerprint density at radius 2 is 1.50 bits per heavy atom. The van der Waals surface area contributed by atoms with Gasteiger partial charge in [0.15, 0.2) is 5.78 Å². The summed E-state index contributed by atoms with van der Waals surface area (Å²) in [6.07, 6.45) is 2.80. The third-order valence-corrected chi connectivity index (χ3v) is 3.32. The van der Waals surface area contributed by atoms with Gasteiger partial charge in [-0.05, 0) is 41.5 Å². The largest absolute Gasteiger partial charge is 0.508 e. The van der Waals surface area contributed by atoms with Crippen molar-refractivity contribution in [1.29, 1.82) is 0 Å². The van der Waals surface area contributed by atoms with Gasteiger partial charge in [0.1, 0.15) is 17.3 Å². The molecule has 0 heterocycles. The average Bonchev–Trinajstić information content (AvgIpc) is 2.54. The van der Waals surface area contributed by atoms with Crippen LogP contribution in [0.5, 0.6) is 11.5 Å². The first-order valence-electron chi connectivity index (χ1n) is 7.31. The predicted molar refractivity (Wildman–Crippen MR) is 90.5 cm³/mol. The highest BCUT2D eigenvalue weighted by molar-refractivity contribution is 5.91. The lowest BCUT2D eigenvalue weighted by Crippen LogP contribution is -2.04. The molecule has 24 heavy (non-hydrogen) atoms. The molecule has 0 saturated carbocycles. The number of carbonyl (C=O) groups excluding carboxylic acids is 1. The Morgan fingerprint density at radius 3 is 2.08 bits per heavy atom. The summed E-state index contributed by atoms with van der Waals surface area (Å²) in [5.74, 6) is -0.436. The van der Waals surface area contributed by atoms with Crippen molar-refractivity contribution in [1.82, 2.24) is 0 Å². The highest BCUT2D eigenvalue weighted by atomic mass is 16.3. The van der Waals surface area contributed by atoms with Crippen molar-refractivity contribution >= 4 is 11.9 Å². The maximum atomic E-state index is 11.8. The number of hydrogen-bond acceptors (Lipinski definition) is 5. The summed E-state index contributed by atoms with van der Waals surface area (Å²) in [5.41, 5.74) is 1.26. The van der Waals surface area contributed by atoms with Gasteiger partial charge in [0.25, 0.3) is 0 Å². The molecule has 5 nitrogen and oxygen atoms in total. The van der Waals surface area contributed by atoms with Gasteiger partial charge in [-0.2, -0.15) is 0 Å². The zero-order valence-corrected chi connectivity index (χ0v) is 12.8. The first-order chi connectivity index (χ1) is 11.4. The van der Waals surface area contributed by atoms with Crippen LogP contribution in [-0.4, -0.2) is 26.2 Å². The van der Waals surface area contributed by atoms with Crippen LogP contribution in [0.15, 0.2) is 66.4 Å². The fraction of sp³-hybridized carbons (Fsp3) is 0.105. The first-order valence-corrected chi connectivity index (χ1v) is 7.31. The van der Waals surface area contributed by atoms with Gasteiger partial charge >= 0.3 is 0 Å². The van der Waals surface area contributed by atoms with Crippen LogP contribution in [0.25, 0.3) is 6.08 Å². The van der Waals surface area contributed by atoms with Gasteiger partial charge in [0.05, 0.1) is 6.10 Å². The maximum Gasteiger partial charge on any atom is 0.162 e. The molecule has 4 N–H and O–H groups in total. The van der Waals surface area contributed by atoms with E-state index in [0.717, 1.165) is 11.6 Å². The van der Waals surface area contributed by atoms with E-state index in [2.05, 4.69) is 0 Å². The number of carbonyl (C=O) groups is 1. The topological polar surface area (TPSA) is 98.0 Å². The number of benzene rings is 2. The summed E-state index contributed by atoms with van der Waals surface area (Å²) in [5, 5.41) is 38.1. The highest BCUT2D eigenvalue weighted by Gasteiger charge is 2.12. The van der Waals surface area contributed by atoms with Gasteiger partial charge in [0, 0.05) is 12.5 Å². The molecular formula is C19H18O5. The molecule has 5 heteroatoms. The van der Waals surface area contributed by atoms with Crippen LogP contribution in [0, 0.1) is 0 Å². The van der Waals surface area contributed by atoms with E-state index in [1.165, 1.54) is 42.5 Å². The van der Waals surface area contributed by atoms with Crippen molar-refractivity contribution < 1.29 is 25.2 Å². The van der Waals surface area contributed by atoms with Crippen molar-refractivity contribution in [2.75, 3.05) is 0 Å². The summed E-state index contributed by atoms with van der Waals surface area (Å²) in [4.78, 5) is 11.8. The molecule has 0 aromatic heterocycles. The molecule has 1 unspecified atom stereocenters. The van der Waals surface area contributed by atoms with Crippen molar-refractivity contribution in [3.63, 3.8) is 0 Å². The summed E-state index contributed by atoms with van der Waals surface area (Å²) >= 11 is 0. The number of ketones is 1. The lowest BCUT2D eigenvalue weighted by Gasteiger charge is -2.08. The van der Waals surface area contributed by atoms with Gasteiger partial charge in [-0.1, -0.05) is 30.3 Å². The van der Waals surface area contributed by atoms with Gasteiger partial charge in [-0.25, -0.2) is 0 Å². The number of aromatic hydroxyl groups is 2. The Kier molecular flexibility index (Phi) is 5.76. The van der Waals surface area contributed by atoms with Gasteiger partial charge < -0.3 is 20.4 Å². The minimum Gasteiger partial charge on any atom is -0.508 e. The van der Waals surface area contributed by atoms with Crippen molar-refractivity contribution in [2.45, 2.75) is 12.5 Å². The van der Waals surface area contributed by atoms with Gasteiger partial charge in [0.2, 0.25) is 0 Å². The number of aliphatic hydroxyl groups is 2. The molecule has 0 aliphatic heterocycles. The van der Waals surface area contributed by atoms with Crippen LogP contribution in [0.2, 0.25) is 0 Å². The molecule has 1 atom stereocenters. The normalized spacial score (nSPS) is 13.1. The molecule has 0 radical (unpaired) electrons. The monoisotopic (exact) mass is 326 g/mol. The van der Waals surface area contributed by atoms with E-state index in [0.29, 0.717) is 5.56 Å². The van der Waals surface area contributed by atoms with E-state index in [1.54, 1.807) is 18.2 Å². The predicted octanol–water partition coefficient (Wildman–Crippen LogP) is 3.25. The number of rotatable bonds is 6. The summed E-state index contributed by atoms with van der Waals surface area (Å²) in [6.45, 7) is 0. The molecule has 0 fully saturated rings. The van der Waals surface area contributed by atoms with Crippen molar-refractivity contribution in [2.24, 2.45) is 0 Å². The fourth-order valence-electron chi connectivity index (χ4n) is 2.04. The van der Waals surface area contributed by atoms with E-state index in [4.69, 9.17) is 0 Å². The standard InChI is InChI=1S/C19H18O5/c20-15-6-1-13(2-7-15)3-8-17(22)11-18(23)12-19(24)14-4-9-16(21)10-5-14/h1-11,19-22,24H,12H2. The highest BCUT2D eigenvalue weighted by Crippen LogP contribution is 2.20. The number of hydrogen-bond donors (Lipinski definition) is 4. The maximum absolute atomic E-state index is 11.8. The lowest BCUT2D eigenvalue weighted by atomic mass is 10.0. The van der Waals surface area contributed by atoms with E-state index < -0.39 is 11.9 Å². The Morgan fingerprint density at radius 1 is 0.958 bits per heavy atom. The molecule has 0 bridgehead atoms. The SMILES string of the molecule is O=C(C=C(O)C=Cc1ccc(O)cc1)CC(O)c1ccc(O)cc1. The second kappa shape index (κ2) is 7.99. The van der Waals surface area contributed by atoms with E-state index in [1.807, 2.05) is 0 Å². The summed E-state index contributed by atoms with van der Waals surface area (Å²) in [6, 6.07) is 12.3. The van der Waals surface area contributed by atoms with E-state index in [9.17, 15) is 25.2 Å². The molecule has 0 aliphatic rings. The van der Waals surface area contributed by atoms with Crippen molar-refractivity contribution in [3.8, 4) is 11.5 Å². The number of aliphatic hydroxyl groups excluding tert-OH is 2. The Bertz CT molecular complexity index is 742. The molecule has 0 amide bonds. The third kappa shape index (κ3) is 5.30. The van der Waals surface area contributed by atoms with Crippen LogP contribution in [-0.2, 0) is 4.79 Å². The number of allylic oxidation sites excluding steroid dienone is 2. The van der Waals surface area contributed by atoms with E-state index >= 15 is 0 Å². The second-order valence-electron chi connectivity index (χ2n) is 5.27. The molecule has 2 rings (SSSR count). The van der Waals surface area contributed by atoms with Crippen LogP contribution >= 0.6 is 0 Å². The first kappa shape index (κ1) is 17.3. The zero-order valence-electron chi connectivity index (χ0n) is 12.8. The number of phenolic OH excluding ortho intramolecular Hbond substituents is 2. The quantitative estimate of drug-likeness (QED) is 0.371. The smallest absolute Gasteiger partial charge is 0.162 e. The van der Waals surface area contributed by atoms with Crippen molar-refractivity contribution in [3.05, 3.63) is 77.6 Å². The minimum atomic E-state index is -1.01. The Labute approximate surface area is 139 Å². The molecule has 0 saturated heterocycles. The van der Waals surface area contributed by atoms with Crippen LogP contribution in [0.1, 0.15) is 23.7 Å². The Balaban J connectivity index is 1.95. The lowest BCUT2D eigenvalue weighted by molar-refractivity contribution is -0.116. The van der Waals surface area contributed by atoms with Crippen LogP contribution < -0.4 is 0 Å². The second-order valence-corrected chi connectivity index (χ2v) is 5.27. The minimum absolute atomic E-state index is 0.0779. The van der Waals surface area contributed by atoms with Gasteiger partial charge in [-0.15, -0.1) is 0 Å². The molecule has 124 valence electrons. The van der Waals surface area contributed by atoms with Crippen LogP contribution in [0.4, 0.5) is 0 Å². The van der Waals surface area contributed by atoms with Gasteiger partial charge in [-0.3, -0.25) is 4.79 Å². The summed E-state index contributed by atoms with van der Waals surface area (Å²) in [7, 11) is 0. The van der Waals surface area contributed by atoms with Crippen LogP contribution in [0.3, 0.4) is 0 Å². The van der Waals surface area contributed by atoms with E-state index in [-0.39, 0.29) is 23.7 Å². The summed E-state index contributed by atoms with van der Waals surface area (Å²) < 4.78 is 0. The number of phenols is 2. The molecule has 2 aromatic carbocycles. The molecular weight excluding hydrogens is 308 g/mol. The average molecular weight is 326 g/mol. The Hall–Kier alpha value is -3.05. The molecule has 0 aliphatic carbocycles. The molecule has 0 spiro atoms. The fourth-order valence-corrected chi connectivity index (χ4v) is 2.04. The zero-order chi connectivity index (χ0) is 17.5.